The summed E-state index contributed by atoms with van der Waals surface area (Å²) in [4.78, 5) is 15.9. The third-order valence-electron chi connectivity index (χ3n) is 3.47. The quantitative estimate of drug-likeness (QED) is 0.475. The van der Waals surface area contributed by atoms with E-state index >= 15 is 0 Å². The van der Waals surface area contributed by atoms with Crippen LogP contribution >= 0.6 is 0 Å². The average molecular weight is 349 g/mol. The minimum Gasteiger partial charge on any atom is -0.458 e. The van der Waals surface area contributed by atoms with Gasteiger partial charge in [-0.3, -0.25) is 4.98 Å². The maximum atomic E-state index is 13.1. The highest BCUT2D eigenvalue weighted by Crippen LogP contribution is 2.25. The van der Waals surface area contributed by atoms with Crippen molar-refractivity contribution in [1.82, 2.24) is 4.98 Å². The Morgan fingerprint density at radius 1 is 1.08 bits per heavy atom. The topological polar surface area (TPSA) is 48.4 Å². The van der Waals surface area contributed by atoms with Gasteiger partial charge in [0.1, 0.15) is 23.9 Å². The number of hydrogen-bond donors (Lipinski definition) is 0. The molecule has 0 atom stereocenters. The van der Waals surface area contributed by atoms with Crippen LogP contribution in [0.15, 0.2) is 79.1 Å². The molecule has 0 amide bonds. The van der Waals surface area contributed by atoms with Crippen LogP contribution in [-0.4, -0.2) is 11.0 Å². The molecule has 0 aliphatic rings. The molecule has 5 heteroatoms. The van der Waals surface area contributed by atoms with E-state index in [2.05, 4.69) is 4.98 Å². The van der Waals surface area contributed by atoms with Crippen LogP contribution in [0.2, 0.25) is 0 Å². The van der Waals surface area contributed by atoms with E-state index in [4.69, 9.17) is 9.47 Å². The van der Waals surface area contributed by atoms with E-state index in [0.29, 0.717) is 17.1 Å². The second kappa shape index (κ2) is 8.58. The number of carbonyl (C=O) groups excluding carboxylic acids is 1. The molecule has 26 heavy (non-hydrogen) atoms. The molecule has 0 fully saturated rings. The van der Waals surface area contributed by atoms with E-state index in [0.717, 1.165) is 5.56 Å². The van der Waals surface area contributed by atoms with E-state index in [1.807, 2.05) is 18.2 Å². The molecule has 0 spiro atoms. The Hall–Kier alpha value is -3.47. The highest BCUT2D eigenvalue weighted by atomic mass is 19.1. The fraction of sp³-hybridized carbons (Fsp3) is 0.0476. The van der Waals surface area contributed by atoms with Crippen molar-refractivity contribution in [1.29, 1.82) is 0 Å². The predicted octanol–water partition coefficient (Wildman–Crippen LogP) is 4.77. The summed E-state index contributed by atoms with van der Waals surface area (Å²) in [6.07, 6.45) is 6.03. The number of aromatic nitrogens is 1. The molecular formula is C21H16FNO3. The van der Waals surface area contributed by atoms with Gasteiger partial charge in [-0.1, -0.05) is 30.3 Å². The lowest BCUT2D eigenvalue weighted by Gasteiger charge is -2.10. The molecule has 0 radical (unpaired) electrons. The summed E-state index contributed by atoms with van der Waals surface area (Å²) in [5.74, 6) is 0.298. The molecule has 2 aromatic carbocycles. The lowest BCUT2D eigenvalue weighted by molar-refractivity contribution is -0.138. The fourth-order valence-corrected chi connectivity index (χ4v) is 2.23. The number of para-hydroxylation sites is 1. The second-order valence-corrected chi connectivity index (χ2v) is 5.39. The summed E-state index contributed by atoms with van der Waals surface area (Å²) >= 11 is 0. The van der Waals surface area contributed by atoms with Crippen LogP contribution in [0.25, 0.3) is 6.08 Å². The van der Waals surface area contributed by atoms with Crippen LogP contribution in [0.1, 0.15) is 11.1 Å². The summed E-state index contributed by atoms with van der Waals surface area (Å²) in [5.41, 5.74) is 1.31. The van der Waals surface area contributed by atoms with Crippen LogP contribution in [0.4, 0.5) is 4.39 Å². The van der Waals surface area contributed by atoms with Gasteiger partial charge in [0.25, 0.3) is 0 Å². The molecule has 130 valence electrons. The van der Waals surface area contributed by atoms with Gasteiger partial charge >= 0.3 is 5.97 Å². The van der Waals surface area contributed by atoms with Crippen LogP contribution in [0.5, 0.6) is 11.5 Å². The van der Waals surface area contributed by atoms with Crippen LogP contribution in [-0.2, 0) is 16.1 Å². The minimum absolute atomic E-state index is 0.0583. The zero-order chi connectivity index (χ0) is 18.2. The number of carbonyl (C=O) groups is 1. The summed E-state index contributed by atoms with van der Waals surface area (Å²) < 4.78 is 24.1. The Labute approximate surface area is 150 Å². The van der Waals surface area contributed by atoms with Gasteiger partial charge in [0, 0.05) is 17.8 Å². The largest absolute Gasteiger partial charge is 0.458 e. The summed E-state index contributed by atoms with van der Waals surface area (Å²) in [6, 6.07) is 16.8. The van der Waals surface area contributed by atoms with Gasteiger partial charge in [-0.05, 0) is 42.0 Å². The number of esters is 1. The second-order valence-electron chi connectivity index (χ2n) is 5.39. The van der Waals surface area contributed by atoms with Crippen molar-refractivity contribution in [3.05, 3.63) is 96.1 Å². The number of nitrogens with zero attached hydrogens (tertiary/aromatic N) is 1. The van der Waals surface area contributed by atoms with E-state index in [-0.39, 0.29) is 12.4 Å². The van der Waals surface area contributed by atoms with Gasteiger partial charge in [0.2, 0.25) is 0 Å². The summed E-state index contributed by atoms with van der Waals surface area (Å²) in [5, 5.41) is 0. The normalized spacial score (nSPS) is 10.7. The molecule has 0 bridgehead atoms. The van der Waals surface area contributed by atoms with Crippen molar-refractivity contribution in [2.24, 2.45) is 0 Å². The SMILES string of the molecule is O=C(/C=C/c1cccc(F)c1)OCc1ccccc1Oc1cccnc1. The van der Waals surface area contributed by atoms with Crippen LogP contribution < -0.4 is 4.74 Å². The molecule has 0 aliphatic carbocycles. The van der Waals surface area contributed by atoms with E-state index in [1.165, 1.54) is 24.3 Å². The highest BCUT2D eigenvalue weighted by Gasteiger charge is 2.07. The number of benzene rings is 2. The maximum Gasteiger partial charge on any atom is 0.331 e. The Morgan fingerprint density at radius 2 is 1.96 bits per heavy atom. The maximum absolute atomic E-state index is 13.1. The van der Waals surface area contributed by atoms with Crippen molar-refractivity contribution in [3.63, 3.8) is 0 Å². The summed E-state index contributed by atoms with van der Waals surface area (Å²) in [7, 11) is 0. The fourth-order valence-electron chi connectivity index (χ4n) is 2.23. The van der Waals surface area contributed by atoms with Crippen molar-refractivity contribution >= 4 is 12.0 Å². The van der Waals surface area contributed by atoms with Gasteiger partial charge in [-0.25, -0.2) is 9.18 Å². The molecule has 0 unspecified atom stereocenters. The smallest absolute Gasteiger partial charge is 0.331 e. The van der Waals surface area contributed by atoms with Crippen LogP contribution in [0, 0.1) is 5.82 Å². The van der Waals surface area contributed by atoms with Gasteiger partial charge in [0.05, 0.1) is 6.20 Å². The molecule has 0 saturated carbocycles. The lowest BCUT2D eigenvalue weighted by Crippen LogP contribution is -2.02. The van der Waals surface area contributed by atoms with Gasteiger partial charge < -0.3 is 9.47 Å². The molecule has 3 aromatic rings. The number of hydrogen-bond acceptors (Lipinski definition) is 4. The molecule has 0 N–H and O–H groups in total. The molecule has 3 rings (SSSR count). The van der Waals surface area contributed by atoms with E-state index in [9.17, 15) is 9.18 Å². The van der Waals surface area contributed by atoms with Crippen molar-refractivity contribution in [2.75, 3.05) is 0 Å². The Bertz CT molecular complexity index is 910. The summed E-state index contributed by atoms with van der Waals surface area (Å²) in [6.45, 7) is 0.0583. The standard InChI is InChI=1S/C21H16FNO3/c22-18-7-3-5-16(13-18)10-11-21(24)25-15-17-6-1-2-9-20(17)26-19-8-4-12-23-14-19/h1-14H,15H2/b11-10+. The third-order valence-corrected chi connectivity index (χ3v) is 3.47. The minimum atomic E-state index is -0.523. The average Bonchev–Trinajstić information content (AvgIpc) is 2.66. The predicted molar refractivity (Wildman–Crippen MR) is 96.0 cm³/mol. The monoisotopic (exact) mass is 349 g/mol. The van der Waals surface area contributed by atoms with Gasteiger partial charge in [-0.15, -0.1) is 0 Å². The molecular weight excluding hydrogens is 333 g/mol. The lowest BCUT2D eigenvalue weighted by atomic mass is 10.2. The number of halogens is 1. The van der Waals surface area contributed by atoms with Gasteiger partial charge in [-0.2, -0.15) is 0 Å². The molecule has 1 heterocycles. The third kappa shape index (κ3) is 5.01. The first-order valence-corrected chi connectivity index (χ1v) is 7.97. The van der Waals surface area contributed by atoms with E-state index in [1.54, 1.807) is 42.7 Å². The molecule has 4 nitrogen and oxygen atoms in total. The first-order chi connectivity index (χ1) is 12.7. The van der Waals surface area contributed by atoms with Crippen molar-refractivity contribution in [2.45, 2.75) is 6.61 Å². The Balaban J connectivity index is 1.61. The molecule has 1 aromatic heterocycles. The van der Waals surface area contributed by atoms with Gasteiger partial charge in [0.15, 0.2) is 0 Å². The number of pyridine rings is 1. The first kappa shape index (κ1) is 17.4. The van der Waals surface area contributed by atoms with Crippen molar-refractivity contribution in [3.8, 4) is 11.5 Å². The molecule has 0 saturated heterocycles. The van der Waals surface area contributed by atoms with Crippen LogP contribution in [0.3, 0.4) is 0 Å². The van der Waals surface area contributed by atoms with E-state index < -0.39 is 5.97 Å². The van der Waals surface area contributed by atoms with Crippen molar-refractivity contribution < 1.29 is 18.7 Å². The Kier molecular flexibility index (Phi) is 5.72. The first-order valence-electron chi connectivity index (χ1n) is 7.97. The molecule has 0 aliphatic heterocycles. The number of ether oxygens (including phenoxy) is 2. The number of rotatable bonds is 6. The highest BCUT2D eigenvalue weighted by molar-refractivity contribution is 5.87. The zero-order valence-corrected chi connectivity index (χ0v) is 13.8. The Morgan fingerprint density at radius 3 is 2.77 bits per heavy atom. The zero-order valence-electron chi connectivity index (χ0n) is 13.8.